The van der Waals surface area contributed by atoms with Crippen LogP contribution in [0.1, 0.15) is 11.1 Å². The molecule has 3 aromatic rings. The minimum Gasteiger partial charge on any atom is -0.365 e. The van der Waals surface area contributed by atoms with Gasteiger partial charge in [-0.05, 0) is 40.5 Å². The third-order valence-electron chi connectivity index (χ3n) is 3.18. The molecule has 0 unspecified atom stereocenters. The molecule has 0 aliphatic carbocycles. The van der Waals surface area contributed by atoms with Crippen molar-refractivity contribution in [3.8, 4) is 0 Å². The van der Waals surface area contributed by atoms with E-state index in [4.69, 9.17) is 0 Å². The van der Waals surface area contributed by atoms with E-state index in [1.165, 1.54) is 10.9 Å². The Labute approximate surface area is 126 Å². The summed E-state index contributed by atoms with van der Waals surface area (Å²) in [6.45, 7) is 2.80. The number of rotatable bonds is 3. The molecule has 1 aromatic carbocycles. The van der Waals surface area contributed by atoms with Gasteiger partial charge in [0.05, 0.1) is 0 Å². The predicted molar refractivity (Wildman–Crippen MR) is 85.7 cm³/mol. The van der Waals surface area contributed by atoms with Crippen molar-refractivity contribution >= 4 is 32.5 Å². The Morgan fingerprint density at radius 1 is 1.15 bits per heavy atom. The van der Waals surface area contributed by atoms with E-state index in [0.29, 0.717) is 6.54 Å². The van der Waals surface area contributed by atoms with E-state index < -0.39 is 0 Å². The van der Waals surface area contributed by atoms with Crippen molar-refractivity contribution in [2.24, 2.45) is 0 Å². The molecule has 0 fully saturated rings. The van der Waals surface area contributed by atoms with Crippen molar-refractivity contribution in [1.82, 2.24) is 9.97 Å². The van der Waals surface area contributed by atoms with Crippen LogP contribution in [0.4, 0.5) is 5.82 Å². The minimum absolute atomic E-state index is 0.714. The predicted octanol–water partition coefficient (Wildman–Crippen LogP) is 4.31. The third-order valence-corrected chi connectivity index (χ3v) is 3.81. The fraction of sp³-hybridized carbons (Fsp3) is 0.125. The number of hydrogen-bond donors (Lipinski definition) is 1. The Hall–Kier alpha value is -1.94. The quantitative estimate of drug-likeness (QED) is 0.778. The van der Waals surface area contributed by atoms with Gasteiger partial charge in [0.15, 0.2) is 0 Å². The summed E-state index contributed by atoms with van der Waals surface area (Å²) in [5.41, 5.74) is 2.36. The molecule has 0 saturated heterocycles. The van der Waals surface area contributed by atoms with E-state index in [9.17, 15) is 0 Å². The lowest BCUT2D eigenvalue weighted by Gasteiger charge is -2.10. The molecule has 0 spiro atoms. The van der Waals surface area contributed by atoms with Crippen LogP contribution < -0.4 is 5.32 Å². The molecule has 20 heavy (non-hydrogen) atoms. The number of nitrogens with one attached hydrogen (secondary N) is 1. The lowest BCUT2D eigenvalue weighted by atomic mass is 10.1. The minimum atomic E-state index is 0.714. The summed E-state index contributed by atoms with van der Waals surface area (Å²) in [7, 11) is 0. The number of hydrogen-bond acceptors (Lipinski definition) is 3. The summed E-state index contributed by atoms with van der Waals surface area (Å²) in [4.78, 5) is 8.60. The van der Waals surface area contributed by atoms with E-state index in [-0.39, 0.29) is 0 Å². The molecule has 2 heterocycles. The molecule has 0 aliphatic heterocycles. The maximum Gasteiger partial charge on any atom is 0.134 e. The smallest absolute Gasteiger partial charge is 0.134 e. The van der Waals surface area contributed by atoms with Crippen LogP contribution in [-0.2, 0) is 6.54 Å². The molecule has 4 heteroatoms. The van der Waals surface area contributed by atoms with Gasteiger partial charge in [0.1, 0.15) is 5.82 Å². The first-order chi connectivity index (χ1) is 9.74. The van der Waals surface area contributed by atoms with E-state index in [0.717, 1.165) is 21.2 Å². The van der Waals surface area contributed by atoms with Crippen LogP contribution in [0.3, 0.4) is 0 Å². The SMILES string of the molecule is Cc1ccc2c(Br)cnc(NCc3cccnc3)c2c1. The van der Waals surface area contributed by atoms with Crippen molar-refractivity contribution in [3.05, 3.63) is 64.5 Å². The second kappa shape index (κ2) is 5.59. The van der Waals surface area contributed by atoms with Gasteiger partial charge in [-0.1, -0.05) is 23.8 Å². The summed E-state index contributed by atoms with van der Waals surface area (Å²) >= 11 is 3.55. The molecule has 100 valence electrons. The fourth-order valence-corrected chi connectivity index (χ4v) is 2.60. The molecule has 0 aliphatic rings. The average Bonchev–Trinajstić information content (AvgIpc) is 2.47. The van der Waals surface area contributed by atoms with Gasteiger partial charge in [0, 0.05) is 40.4 Å². The highest BCUT2D eigenvalue weighted by Gasteiger charge is 2.06. The molecule has 0 amide bonds. The summed E-state index contributed by atoms with van der Waals surface area (Å²) in [5.74, 6) is 0.899. The molecule has 2 aromatic heterocycles. The van der Waals surface area contributed by atoms with Crippen molar-refractivity contribution in [1.29, 1.82) is 0 Å². The van der Waals surface area contributed by atoms with Crippen molar-refractivity contribution in [3.63, 3.8) is 0 Å². The molecule has 1 N–H and O–H groups in total. The van der Waals surface area contributed by atoms with Crippen LogP contribution in [0, 0.1) is 6.92 Å². The highest BCUT2D eigenvalue weighted by molar-refractivity contribution is 9.10. The Morgan fingerprint density at radius 3 is 2.85 bits per heavy atom. The Kier molecular flexibility index (Phi) is 3.65. The van der Waals surface area contributed by atoms with Crippen LogP contribution in [0.2, 0.25) is 0 Å². The summed E-state index contributed by atoms with van der Waals surface area (Å²) < 4.78 is 1.01. The molecule has 3 rings (SSSR count). The van der Waals surface area contributed by atoms with E-state index in [1.807, 2.05) is 24.5 Å². The van der Waals surface area contributed by atoms with Crippen molar-refractivity contribution < 1.29 is 0 Å². The van der Waals surface area contributed by atoms with Crippen LogP contribution in [0.15, 0.2) is 53.4 Å². The van der Waals surface area contributed by atoms with Crippen LogP contribution in [0.5, 0.6) is 0 Å². The number of anilines is 1. The zero-order valence-corrected chi connectivity index (χ0v) is 12.7. The summed E-state index contributed by atoms with van der Waals surface area (Å²) in [5, 5.41) is 5.68. The first-order valence-electron chi connectivity index (χ1n) is 6.42. The Balaban J connectivity index is 1.95. The van der Waals surface area contributed by atoms with Crippen molar-refractivity contribution in [2.75, 3.05) is 5.32 Å². The topological polar surface area (TPSA) is 37.8 Å². The molecule has 0 saturated carbocycles. The molecular formula is C16H14BrN3. The normalized spacial score (nSPS) is 10.7. The van der Waals surface area contributed by atoms with Gasteiger partial charge in [-0.2, -0.15) is 0 Å². The van der Waals surface area contributed by atoms with Crippen LogP contribution in [-0.4, -0.2) is 9.97 Å². The number of benzene rings is 1. The number of nitrogens with zero attached hydrogens (tertiary/aromatic N) is 2. The van der Waals surface area contributed by atoms with Gasteiger partial charge in [-0.3, -0.25) is 4.98 Å². The monoisotopic (exact) mass is 327 g/mol. The maximum atomic E-state index is 4.48. The Bertz CT molecular complexity index is 741. The summed E-state index contributed by atoms with van der Waals surface area (Å²) in [6.07, 6.45) is 5.47. The summed E-state index contributed by atoms with van der Waals surface area (Å²) in [6, 6.07) is 10.4. The van der Waals surface area contributed by atoms with E-state index in [1.54, 1.807) is 6.20 Å². The largest absolute Gasteiger partial charge is 0.365 e. The van der Waals surface area contributed by atoms with E-state index >= 15 is 0 Å². The molecule has 0 atom stereocenters. The number of pyridine rings is 2. The van der Waals surface area contributed by atoms with Gasteiger partial charge in [0.2, 0.25) is 0 Å². The molecule has 0 radical (unpaired) electrons. The number of fused-ring (bicyclic) bond motifs is 1. The molecular weight excluding hydrogens is 314 g/mol. The zero-order valence-electron chi connectivity index (χ0n) is 11.1. The van der Waals surface area contributed by atoms with Crippen molar-refractivity contribution in [2.45, 2.75) is 13.5 Å². The van der Waals surface area contributed by atoms with E-state index in [2.05, 4.69) is 56.3 Å². The Morgan fingerprint density at radius 2 is 2.05 bits per heavy atom. The maximum absolute atomic E-state index is 4.48. The van der Waals surface area contributed by atoms with Gasteiger partial charge < -0.3 is 5.32 Å². The van der Waals surface area contributed by atoms with Gasteiger partial charge in [-0.15, -0.1) is 0 Å². The molecule has 3 nitrogen and oxygen atoms in total. The lowest BCUT2D eigenvalue weighted by molar-refractivity contribution is 1.09. The first kappa shape index (κ1) is 13.1. The number of aromatic nitrogens is 2. The second-order valence-electron chi connectivity index (χ2n) is 4.72. The van der Waals surface area contributed by atoms with Crippen LogP contribution >= 0.6 is 15.9 Å². The van der Waals surface area contributed by atoms with Crippen LogP contribution in [0.25, 0.3) is 10.8 Å². The second-order valence-corrected chi connectivity index (χ2v) is 5.57. The van der Waals surface area contributed by atoms with Gasteiger partial charge >= 0.3 is 0 Å². The highest BCUT2D eigenvalue weighted by atomic mass is 79.9. The lowest BCUT2D eigenvalue weighted by Crippen LogP contribution is -2.02. The number of halogens is 1. The zero-order chi connectivity index (χ0) is 13.9. The standard InChI is InChI=1S/C16H14BrN3/c1-11-4-5-13-14(7-11)16(20-10-15(13)17)19-9-12-3-2-6-18-8-12/h2-8,10H,9H2,1H3,(H,19,20). The van der Waals surface area contributed by atoms with Gasteiger partial charge in [-0.25, -0.2) is 4.98 Å². The highest BCUT2D eigenvalue weighted by Crippen LogP contribution is 2.29. The average molecular weight is 328 g/mol. The molecule has 0 bridgehead atoms. The first-order valence-corrected chi connectivity index (χ1v) is 7.21. The van der Waals surface area contributed by atoms with Gasteiger partial charge in [0.25, 0.3) is 0 Å². The third kappa shape index (κ3) is 2.65. The fourth-order valence-electron chi connectivity index (χ4n) is 2.15. The number of aryl methyl sites for hydroxylation is 1.